The lowest BCUT2D eigenvalue weighted by Crippen LogP contribution is -2.56. The van der Waals surface area contributed by atoms with Crippen LogP contribution < -0.4 is 5.32 Å². The van der Waals surface area contributed by atoms with Gasteiger partial charge in [0.15, 0.2) is 0 Å². The number of hydrogen-bond donors (Lipinski definition) is 1. The van der Waals surface area contributed by atoms with E-state index in [1.807, 2.05) is 0 Å². The van der Waals surface area contributed by atoms with E-state index in [1.165, 1.54) is 11.8 Å². The highest BCUT2D eigenvalue weighted by Gasteiger charge is 2.43. The summed E-state index contributed by atoms with van der Waals surface area (Å²) < 4.78 is 53.1. The monoisotopic (exact) mass is 436 g/mol. The van der Waals surface area contributed by atoms with Crippen LogP contribution in [0.4, 0.5) is 13.2 Å². The number of rotatable bonds is 7. The maximum Gasteiger partial charge on any atom is 0.522 e. The van der Waals surface area contributed by atoms with Crippen molar-refractivity contribution >= 4 is 11.8 Å². The predicted molar refractivity (Wildman–Crippen MR) is 100 cm³/mol. The first-order valence-electron chi connectivity index (χ1n) is 10.6. The summed E-state index contributed by atoms with van der Waals surface area (Å²) in [5.41, 5.74) is -0.0416. The Kier molecular flexibility index (Phi) is 7.29. The molecule has 3 aliphatic heterocycles. The molecule has 7 nitrogen and oxygen atoms in total. The number of nitrogens with one attached hydrogen (secondary N) is 1. The number of carbonyl (C=O) groups is 2. The first kappa shape index (κ1) is 23.3. The van der Waals surface area contributed by atoms with E-state index in [1.54, 1.807) is 6.92 Å². The van der Waals surface area contributed by atoms with Crippen molar-refractivity contribution in [3.8, 4) is 0 Å². The van der Waals surface area contributed by atoms with E-state index < -0.39 is 24.6 Å². The van der Waals surface area contributed by atoms with E-state index in [0.29, 0.717) is 19.3 Å². The van der Waals surface area contributed by atoms with Gasteiger partial charge in [-0.25, -0.2) is 0 Å². The standard InChI is InChI=1S/C20H31F3N2O5/c1-13(28-11-19-7-3-15(4-8-19)29-12-19)17(24-14(2)26)18(27)25-9-5-16(6-10-25)30-20(21,22)23/h13,15-17H,3-12H2,1-2H3,(H,24,26). The second-order valence-electron chi connectivity index (χ2n) is 8.79. The van der Waals surface area contributed by atoms with Crippen molar-refractivity contribution in [3.63, 3.8) is 0 Å². The van der Waals surface area contributed by atoms with Gasteiger partial charge in [-0.3, -0.25) is 14.3 Å². The Morgan fingerprint density at radius 2 is 1.83 bits per heavy atom. The molecule has 0 aromatic carbocycles. The highest BCUT2D eigenvalue weighted by molar-refractivity contribution is 5.87. The summed E-state index contributed by atoms with van der Waals surface area (Å²) in [7, 11) is 0. The highest BCUT2D eigenvalue weighted by atomic mass is 19.4. The summed E-state index contributed by atoms with van der Waals surface area (Å²) >= 11 is 0. The lowest BCUT2D eigenvalue weighted by Gasteiger charge is -2.46. The van der Waals surface area contributed by atoms with E-state index in [-0.39, 0.29) is 43.2 Å². The van der Waals surface area contributed by atoms with Gasteiger partial charge in [-0.1, -0.05) is 0 Å². The normalized spacial score (nSPS) is 29.5. The lowest BCUT2D eigenvalue weighted by molar-refractivity contribution is -0.345. The number of halogens is 3. The van der Waals surface area contributed by atoms with Crippen LogP contribution in [0.25, 0.3) is 0 Å². The Morgan fingerprint density at radius 1 is 1.20 bits per heavy atom. The molecule has 0 aromatic heterocycles. The zero-order valence-electron chi connectivity index (χ0n) is 17.5. The van der Waals surface area contributed by atoms with Gasteiger partial charge in [-0.15, -0.1) is 13.2 Å². The Hall–Kier alpha value is -1.39. The molecule has 3 heterocycles. The molecular formula is C20H31F3N2O5. The summed E-state index contributed by atoms with van der Waals surface area (Å²) in [6.07, 6.45) is -1.60. The van der Waals surface area contributed by atoms with E-state index in [2.05, 4.69) is 10.1 Å². The number of nitrogens with zero attached hydrogens (tertiary/aromatic N) is 1. The van der Waals surface area contributed by atoms with E-state index in [4.69, 9.17) is 9.47 Å². The SMILES string of the molecule is CC(=O)NC(C(=O)N1CCC(OC(F)(F)F)CC1)C(C)OCC12CCC(CC1)OC2. The second-order valence-corrected chi connectivity index (χ2v) is 8.79. The number of amides is 2. The molecule has 172 valence electrons. The van der Waals surface area contributed by atoms with Gasteiger partial charge < -0.3 is 19.7 Å². The molecule has 1 saturated carbocycles. The minimum absolute atomic E-state index is 0.0416. The highest BCUT2D eigenvalue weighted by Crippen LogP contribution is 2.43. The first-order valence-corrected chi connectivity index (χ1v) is 10.6. The molecule has 0 spiro atoms. The van der Waals surface area contributed by atoms with E-state index in [9.17, 15) is 22.8 Å². The smallest absolute Gasteiger partial charge is 0.378 e. The fourth-order valence-corrected chi connectivity index (χ4v) is 4.58. The van der Waals surface area contributed by atoms with Gasteiger partial charge in [0, 0.05) is 25.4 Å². The Labute approximate surface area is 174 Å². The lowest BCUT2D eigenvalue weighted by atomic mass is 9.72. The van der Waals surface area contributed by atoms with Crippen LogP contribution in [0.3, 0.4) is 0 Å². The van der Waals surface area contributed by atoms with Gasteiger partial charge in [-0.05, 0) is 45.4 Å². The summed E-state index contributed by atoms with van der Waals surface area (Å²) in [5, 5.41) is 2.66. The van der Waals surface area contributed by atoms with Crippen LogP contribution in [0.5, 0.6) is 0 Å². The number of carbonyl (C=O) groups excluding carboxylic acids is 2. The van der Waals surface area contributed by atoms with Crippen molar-refractivity contribution in [1.29, 1.82) is 0 Å². The molecular weight excluding hydrogens is 405 g/mol. The third kappa shape index (κ3) is 6.07. The second kappa shape index (κ2) is 9.40. The molecule has 0 aromatic rings. The Bertz CT molecular complexity index is 600. The number of ether oxygens (including phenoxy) is 3. The fourth-order valence-electron chi connectivity index (χ4n) is 4.58. The molecule has 4 rings (SSSR count). The maximum absolute atomic E-state index is 13.0. The first-order chi connectivity index (χ1) is 14.1. The largest absolute Gasteiger partial charge is 0.522 e. The molecule has 4 aliphatic rings. The fraction of sp³-hybridized carbons (Fsp3) is 0.900. The topological polar surface area (TPSA) is 77.1 Å². The average Bonchev–Trinajstić information content (AvgIpc) is 2.70. The third-order valence-corrected chi connectivity index (χ3v) is 6.42. The number of likely N-dealkylation sites (tertiary alicyclic amines) is 1. The van der Waals surface area contributed by atoms with E-state index in [0.717, 1.165) is 25.7 Å². The van der Waals surface area contributed by atoms with Crippen molar-refractivity contribution in [1.82, 2.24) is 10.2 Å². The van der Waals surface area contributed by atoms with Crippen LogP contribution in [0, 0.1) is 5.41 Å². The average molecular weight is 436 g/mol. The van der Waals surface area contributed by atoms with Crippen LogP contribution in [-0.2, 0) is 23.8 Å². The van der Waals surface area contributed by atoms with Gasteiger partial charge in [0.05, 0.1) is 31.5 Å². The molecule has 30 heavy (non-hydrogen) atoms. The molecule has 0 radical (unpaired) electrons. The molecule has 1 N–H and O–H groups in total. The summed E-state index contributed by atoms with van der Waals surface area (Å²) in [6.45, 7) is 4.44. The van der Waals surface area contributed by atoms with Crippen LogP contribution in [0.15, 0.2) is 0 Å². The number of hydrogen-bond acceptors (Lipinski definition) is 5. The van der Waals surface area contributed by atoms with Gasteiger partial charge in [0.25, 0.3) is 0 Å². The minimum atomic E-state index is -4.68. The minimum Gasteiger partial charge on any atom is -0.378 e. The molecule has 10 heteroatoms. The van der Waals surface area contributed by atoms with Gasteiger partial charge >= 0.3 is 6.36 Å². The molecule has 2 bridgehead atoms. The van der Waals surface area contributed by atoms with Gasteiger partial charge in [-0.2, -0.15) is 0 Å². The third-order valence-electron chi connectivity index (χ3n) is 6.42. The molecule has 2 atom stereocenters. The van der Waals surface area contributed by atoms with Crippen LogP contribution in [-0.4, -0.2) is 73.7 Å². The number of alkyl halides is 3. The zero-order chi connectivity index (χ0) is 21.9. The van der Waals surface area contributed by atoms with Crippen LogP contribution in [0.1, 0.15) is 52.4 Å². The van der Waals surface area contributed by atoms with Crippen molar-refractivity contribution in [2.45, 2.75) is 83.1 Å². The number of piperidine rings is 1. The summed E-state index contributed by atoms with van der Waals surface area (Å²) in [5.74, 6) is -0.706. The van der Waals surface area contributed by atoms with Crippen LogP contribution in [0.2, 0.25) is 0 Å². The van der Waals surface area contributed by atoms with Crippen molar-refractivity contribution < 1.29 is 37.0 Å². The Morgan fingerprint density at radius 3 is 2.33 bits per heavy atom. The van der Waals surface area contributed by atoms with Gasteiger partial charge in [0.2, 0.25) is 11.8 Å². The Balaban J connectivity index is 1.55. The van der Waals surface area contributed by atoms with Crippen LogP contribution >= 0.6 is 0 Å². The number of fused-ring (bicyclic) bond motifs is 3. The molecule has 3 saturated heterocycles. The molecule has 1 aliphatic carbocycles. The van der Waals surface area contributed by atoms with Crippen molar-refractivity contribution in [2.75, 3.05) is 26.3 Å². The molecule has 4 fully saturated rings. The molecule has 2 unspecified atom stereocenters. The van der Waals surface area contributed by atoms with Crippen molar-refractivity contribution in [2.24, 2.45) is 5.41 Å². The van der Waals surface area contributed by atoms with Gasteiger partial charge in [0.1, 0.15) is 6.04 Å². The predicted octanol–water partition coefficient (Wildman–Crippen LogP) is 2.38. The summed E-state index contributed by atoms with van der Waals surface area (Å²) in [6, 6.07) is -0.889. The zero-order valence-corrected chi connectivity index (χ0v) is 17.5. The summed E-state index contributed by atoms with van der Waals surface area (Å²) in [4.78, 5) is 26.2. The maximum atomic E-state index is 13.0. The molecule has 2 amide bonds. The quantitative estimate of drug-likeness (QED) is 0.663. The van der Waals surface area contributed by atoms with Crippen molar-refractivity contribution in [3.05, 3.63) is 0 Å². The van der Waals surface area contributed by atoms with E-state index >= 15 is 0 Å².